The van der Waals surface area contributed by atoms with Gasteiger partial charge < -0.3 is 15.0 Å². The van der Waals surface area contributed by atoms with Crippen LogP contribution >= 0.6 is 12.2 Å². The van der Waals surface area contributed by atoms with Gasteiger partial charge in [0.25, 0.3) is 0 Å². The lowest BCUT2D eigenvalue weighted by atomic mass is 10.2. The lowest BCUT2D eigenvalue weighted by molar-refractivity contribution is 0.415. The van der Waals surface area contributed by atoms with Crippen molar-refractivity contribution in [1.82, 2.24) is 5.43 Å². The maximum atomic E-state index is 5.23. The minimum absolute atomic E-state index is 0.433. The molecule has 0 aromatic heterocycles. The molecule has 0 heterocycles. The van der Waals surface area contributed by atoms with Crippen LogP contribution in [-0.4, -0.2) is 32.0 Å². The van der Waals surface area contributed by atoms with E-state index in [4.69, 9.17) is 17.0 Å². The Balaban J connectivity index is 1.82. The Morgan fingerprint density at radius 2 is 1.85 bits per heavy atom. The molecule has 0 unspecified atom stereocenters. The van der Waals surface area contributed by atoms with Crippen LogP contribution < -0.4 is 20.4 Å². The topological polar surface area (TPSA) is 48.9 Å². The summed E-state index contributed by atoms with van der Waals surface area (Å²) < 4.78 is 5.13. The highest BCUT2D eigenvalue weighted by Gasteiger charge is 2.00. The Morgan fingerprint density at radius 1 is 1.15 bits per heavy atom. The van der Waals surface area contributed by atoms with Gasteiger partial charge in [0.05, 0.1) is 13.3 Å². The lowest BCUT2D eigenvalue weighted by Crippen LogP contribution is -2.23. The van der Waals surface area contributed by atoms with Crippen molar-refractivity contribution in [3.05, 3.63) is 54.1 Å². The smallest absolute Gasteiger partial charge is 0.191 e. The Hall–Kier alpha value is -2.60. The molecule has 0 saturated heterocycles. The number of nitrogens with one attached hydrogen (secondary N) is 2. The zero-order valence-electron chi connectivity index (χ0n) is 15.5. The SMILES string of the molecule is CCCCN(C)c1ccc(/C=N\NC(=S)Nc2ccc(OC)cc2)cc1. The third-order valence-corrected chi connectivity index (χ3v) is 4.10. The van der Waals surface area contributed by atoms with Gasteiger partial charge in [-0.2, -0.15) is 5.10 Å². The van der Waals surface area contributed by atoms with Gasteiger partial charge in [-0.25, -0.2) is 0 Å². The predicted octanol–water partition coefficient (Wildman–Crippen LogP) is 4.25. The first-order valence-electron chi connectivity index (χ1n) is 8.67. The first-order valence-corrected chi connectivity index (χ1v) is 9.08. The summed E-state index contributed by atoms with van der Waals surface area (Å²) in [7, 11) is 3.75. The Labute approximate surface area is 161 Å². The number of unbranched alkanes of at least 4 members (excludes halogenated alkanes) is 1. The molecule has 0 aliphatic rings. The molecule has 0 aliphatic carbocycles. The van der Waals surface area contributed by atoms with Crippen molar-refractivity contribution in [3.63, 3.8) is 0 Å². The van der Waals surface area contributed by atoms with E-state index in [1.54, 1.807) is 13.3 Å². The maximum absolute atomic E-state index is 5.23. The van der Waals surface area contributed by atoms with Crippen molar-refractivity contribution in [2.75, 3.05) is 30.9 Å². The minimum atomic E-state index is 0.433. The van der Waals surface area contributed by atoms with Gasteiger partial charge in [-0.1, -0.05) is 25.5 Å². The molecule has 0 atom stereocenters. The van der Waals surface area contributed by atoms with Crippen LogP contribution in [0.4, 0.5) is 11.4 Å². The number of nitrogens with zero attached hydrogens (tertiary/aromatic N) is 2. The van der Waals surface area contributed by atoms with Gasteiger partial charge in [0.2, 0.25) is 0 Å². The molecule has 26 heavy (non-hydrogen) atoms. The molecular weight excluding hydrogens is 344 g/mol. The molecule has 0 spiro atoms. The monoisotopic (exact) mass is 370 g/mol. The van der Waals surface area contributed by atoms with Crippen molar-refractivity contribution in [2.24, 2.45) is 5.10 Å². The van der Waals surface area contributed by atoms with E-state index in [2.05, 4.69) is 46.8 Å². The summed E-state index contributed by atoms with van der Waals surface area (Å²) in [6.07, 6.45) is 4.14. The van der Waals surface area contributed by atoms with E-state index in [1.165, 1.54) is 18.5 Å². The number of hydrogen-bond acceptors (Lipinski definition) is 4. The molecular formula is C20H26N4OS. The van der Waals surface area contributed by atoms with Gasteiger partial charge in [-0.15, -0.1) is 0 Å². The van der Waals surface area contributed by atoms with E-state index in [1.807, 2.05) is 36.4 Å². The zero-order chi connectivity index (χ0) is 18.8. The van der Waals surface area contributed by atoms with E-state index >= 15 is 0 Å². The van der Waals surface area contributed by atoms with Crippen molar-refractivity contribution in [1.29, 1.82) is 0 Å². The molecule has 0 amide bonds. The molecule has 0 radical (unpaired) electrons. The van der Waals surface area contributed by atoms with E-state index in [-0.39, 0.29) is 0 Å². The normalized spacial score (nSPS) is 10.6. The summed E-state index contributed by atoms with van der Waals surface area (Å²) in [5.74, 6) is 0.802. The molecule has 6 heteroatoms. The van der Waals surface area contributed by atoms with Crippen molar-refractivity contribution in [2.45, 2.75) is 19.8 Å². The van der Waals surface area contributed by atoms with Gasteiger partial charge >= 0.3 is 0 Å². The lowest BCUT2D eigenvalue weighted by Gasteiger charge is -2.18. The molecule has 2 aromatic rings. The summed E-state index contributed by atoms with van der Waals surface area (Å²) in [5, 5.41) is 7.68. The first-order chi connectivity index (χ1) is 12.6. The average molecular weight is 371 g/mol. The van der Waals surface area contributed by atoms with Crippen molar-refractivity contribution < 1.29 is 4.74 Å². The van der Waals surface area contributed by atoms with Crippen LogP contribution in [0.1, 0.15) is 25.3 Å². The number of anilines is 2. The maximum Gasteiger partial charge on any atom is 0.191 e. The molecule has 138 valence electrons. The molecule has 2 N–H and O–H groups in total. The zero-order valence-corrected chi connectivity index (χ0v) is 16.3. The van der Waals surface area contributed by atoms with Crippen LogP contribution in [0.3, 0.4) is 0 Å². The van der Waals surface area contributed by atoms with Crippen LogP contribution in [0.2, 0.25) is 0 Å². The number of ether oxygens (including phenoxy) is 1. The molecule has 0 saturated carbocycles. The molecule has 0 fully saturated rings. The quantitative estimate of drug-likeness (QED) is 0.413. The van der Waals surface area contributed by atoms with Crippen LogP contribution in [0.15, 0.2) is 53.6 Å². The van der Waals surface area contributed by atoms with Crippen LogP contribution in [0.25, 0.3) is 0 Å². The fraction of sp³-hybridized carbons (Fsp3) is 0.300. The highest BCUT2D eigenvalue weighted by molar-refractivity contribution is 7.80. The highest BCUT2D eigenvalue weighted by Crippen LogP contribution is 2.15. The third-order valence-electron chi connectivity index (χ3n) is 3.91. The van der Waals surface area contributed by atoms with E-state index in [9.17, 15) is 0 Å². The summed E-state index contributed by atoms with van der Waals surface area (Å²) in [4.78, 5) is 2.26. The standard InChI is InChI=1S/C20H26N4OS/c1-4-5-14-24(2)18-10-6-16(7-11-18)15-21-23-20(26)22-17-8-12-19(25-3)13-9-17/h6-13,15H,4-5,14H2,1-3H3,(H2,22,23,26)/b21-15-. The number of thiocarbonyl (C=S) groups is 1. The summed E-state index contributed by atoms with van der Waals surface area (Å²) >= 11 is 5.23. The van der Waals surface area contributed by atoms with Gasteiger partial charge in [0, 0.05) is 25.0 Å². The number of hydrazone groups is 1. The van der Waals surface area contributed by atoms with E-state index < -0.39 is 0 Å². The second kappa shape index (κ2) is 10.4. The van der Waals surface area contributed by atoms with Crippen molar-refractivity contribution >= 4 is 34.9 Å². The van der Waals surface area contributed by atoms with Crippen LogP contribution in [-0.2, 0) is 0 Å². The van der Waals surface area contributed by atoms with E-state index in [0.717, 1.165) is 23.5 Å². The molecule has 0 aliphatic heterocycles. The second-order valence-electron chi connectivity index (χ2n) is 5.92. The largest absolute Gasteiger partial charge is 0.497 e. The Morgan fingerprint density at radius 3 is 2.46 bits per heavy atom. The molecule has 0 bridgehead atoms. The fourth-order valence-corrected chi connectivity index (χ4v) is 2.51. The number of rotatable bonds is 8. The molecule has 5 nitrogen and oxygen atoms in total. The Bertz CT molecular complexity index is 714. The number of methoxy groups -OCH3 is 1. The Kier molecular flexibility index (Phi) is 7.89. The second-order valence-corrected chi connectivity index (χ2v) is 6.33. The highest BCUT2D eigenvalue weighted by atomic mass is 32.1. The average Bonchev–Trinajstić information content (AvgIpc) is 2.67. The van der Waals surface area contributed by atoms with Gasteiger partial charge in [-0.3, -0.25) is 5.43 Å². The van der Waals surface area contributed by atoms with Gasteiger partial charge in [0.1, 0.15) is 5.75 Å². The summed E-state index contributed by atoms with van der Waals surface area (Å²) in [6, 6.07) is 15.8. The molecule has 2 rings (SSSR count). The van der Waals surface area contributed by atoms with Gasteiger partial charge in [0.15, 0.2) is 5.11 Å². The van der Waals surface area contributed by atoms with E-state index in [0.29, 0.717) is 5.11 Å². The third kappa shape index (κ3) is 6.37. The summed E-state index contributed by atoms with van der Waals surface area (Å²) in [6.45, 7) is 3.27. The van der Waals surface area contributed by atoms with Gasteiger partial charge in [-0.05, 0) is 60.6 Å². The predicted molar refractivity (Wildman–Crippen MR) is 115 cm³/mol. The van der Waals surface area contributed by atoms with Crippen LogP contribution in [0, 0.1) is 0 Å². The van der Waals surface area contributed by atoms with Crippen LogP contribution in [0.5, 0.6) is 5.75 Å². The number of hydrogen-bond donors (Lipinski definition) is 2. The first kappa shape index (κ1) is 19.7. The minimum Gasteiger partial charge on any atom is -0.497 e. The number of benzene rings is 2. The molecule has 2 aromatic carbocycles. The summed E-state index contributed by atoms with van der Waals surface area (Å²) in [5.41, 5.74) is 5.91. The fourth-order valence-electron chi connectivity index (χ4n) is 2.34. The van der Waals surface area contributed by atoms with Crippen molar-refractivity contribution in [3.8, 4) is 5.75 Å².